The molecule has 4 heteroatoms. The van der Waals surface area contributed by atoms with Gasteiger partial charge >= 0.3 is 0 Å². The van der Waals surface area contributed by atoms with Crippen molar-refractivity contribution in [1.29, 1.82) is 0 Å². The van der Waals surface area contributed by atoms with Crippen LogP contribution in [0.5, 0.6) is 0 Å². The number of aromatic nitrogens is 3. The maximum absolute atomic E-state index is 4.28. The fourth-order valence-corrected chi connectivity index (χ4v) is 7.52. The van der Waals surface area contributed by atoms with E-state index in [9.17, 15) is 0 Å². The standard InChI is InChI=1S/C54H42N4/c1-4-52(34-55-31-1)49-25-19-46(20-26-49)43-13-7-40(8-14-43)37-58(38-41-9-15-44(16-10-41)47-21-27-50(28-22-47)53-5-2-32-56-35-53)39-42-11-17-45(18-12-42)48-23-29-51(30-24-48)54-6-3-33-57-36-54/h1-36H,37-39H2. The number of rotatable bonds is 12. The van der Waals surface area contributed by atoms with Crippen LogP contribution in [-0.4, -0.2) is 19.9 Å². The summed E-state index contributed by atoms with van der Waals surface area (Å²) in [6, 6.07) is 65.5. The highest BCUT2D eigenvalue weighted by Crippen LogP contribution is 2.29. The predicted octanol–water partition coefficient (Wildman–Crippen LogP) is 13.1. The lowest BCUT2D eigenvalue weighted by atomic mass is 9.99. The lowest BCUT2D eigenvalue weighted by Crippen LogP contribution is -2.22. The van der Waals surface area contributed by atoms with Crippen molar-refractivity contribution in [3.63, 3.8) is 0 Å². The fraction of sp³-hybridized carbons (Fsp3) is 0.0556. The van der Waals surface area contributed by atoms with E-state index in [2.05, 4.69) is 184 Å². The highest BCUT2D eigenvalue weighted by Gasteiger charge is 2.11. The summed E-state index contributed by atoms with van der Waals surface area (Å²) in [4.78, 5) is 15.4. The second-order valence-electron chi connectivity index (χ2n) is 14.7. The molecule has 0 amide bonds. The monoisotopic (exact) mass is 746 g/mol. The van der Waals surface area contributed by atoms with Gasteiger partial charge < -0.3 is 0 Å². The second kappa shape index (κ2) is 17.3. The quantitative estimate of drug-likeness (QED) is 0.125. The summed E-state index contributed by atoms with van der Waals surface area (Å²) in [6.07, 6.45) is 11.1. The summed E-state index contributed by atoms with van der Waals surface area (Å²) in [5.74, 6) is 0. The summed E-state index contributed by atoms with van der Waals surface area (Å²) in [5.41, 5.74) is 18.0. The van der Waals surface area contributed by atoms with Crippen molar-refractivity contribution in [2.24, 2.45) is 0 Å². The number of pyridine rings is 3. The van der Waals surface area contributed by atoms with E-state index in [4.69, 9.17) is 0 Å². The Morgan fingerprint density at radius 3 is 0.655 bits per heavy atom. The first-order valence-corrected chi connectivity index (χ1v) is 19.7. The summed E-state index contributed by atoms with van der Waals surface area (Å²) < 4.78 is 0. The average molecular weight is 747 g/mol. The molecule has 0 unspecified atom stereocenters. The normalized spacial score (nSPS) is 11.1. The van der Waals surface area contributed by atoms with Crippen molar-refractivity contribution in [3.8, 4) is 66.8 Å². The molecule has 0 radical (unpaired) electrons. The molecule has 0 spiro atoms. The van der Waals surface area contributed by atoms with Gasteiger partial charge in [0.15, 0.2) is 0 Å². The van der Waals surface area contributed by atoms with Gasteiger partial charge in [0, 0.05) is 56.8 Å². The average Bonchev–Trinajstić information content (AvgIpc) is 3.31. The van der Waals surface area contributed by atoms with E-state index in [1.165, 1.54) is 66.8 Å². The Bertz CT molecular complexity index is 2360. The maximum Gasteiger partial charge on any atom is 0.0346 e. The summed E-state index contributed by atoms with van der Waals surface area (Å²) >= 11 is 0. The van der Waals surface area contributed by atoms with Gasteiger partial charge in [-0.25, -0.2) is 0 Å². The van der Waals surface area contributed by atoms with E-state index < -0.39 is 0 Å². The van der Waals surface area contributed by atoms with Gasteiger partial charge in [0.2, 0.25) is 0 Å². The molecule has 3 aromatic heterocycles. The van der Waals surface area contributed by atoms with Crippen LogP contribution in [0.15, 0.2) is 219 Å². The Morgan fingerprint density at radius 1 is 0.241 bits per heavy atom. The maximum atomic E-state index is 4.28. The zero-order chi connectivity index (χ0) is 38.9. The van der Waals surface area contributed by atoms with Crippen LogP contribution in [-0.2, 0) is 19.6 Å². The van der Waals surface area contributed by atoms with E-state index >= 15 is 0 Å². The molecule has 0 aliphatic carbocycles. The third kappa shape index (κ3) is 8.74. The highest BCUT2D eigenvalue weighted by atomic mass is 15.1. The van der Waals surface area contributed by atoms with Gasteiger partial charge in [-0.05, 0) is 102 Å². The third-order valence-corrected chi connectivity index (χ3v) is 10.7. The minimum atomic E-state index is 0.829. The molecule has 3 heterocycles. The van der Waals surface area contributed by atoms with Crippen LogP contribution in [0, 0.1) is 0 Å². The van der Waals surface area contributed by atoms with Crippen LogP contribution in [0.25, 0.3) is 66.8 Å². The molecule has 4 nitrogen and oxygen atoms in total. The fourth-order valence-electron chi connectivity index (χ4n) is 7.52. The van der Waals surface area contributed by atoms with E-state index in [1.807, 2.05) is 55.4 Å². The number of benzene rings is 6. The molecular formula is C54H42N4. The molecule has 0 atom stereocenters. The number of hydrogen-bond donors (Lipinski definition) is 0. The molecule has 58 heavy (non-hydrogen) atoms. The van der Waals surface area contributed by atoms with Gasteiger partial charge in [0.05, 0.1) is 0 Å². The van der Waals surface area contributed by atoms with Gasteiger partial charge in [0.25, 0.3) is 0 Å². The van der Waals surface area contributed by atoms with Crippen LogP contribution >= 0.6 is 0 Å². The molecule has 0 N–H and O–H groups in total. The van der Waals surface area contributed by atoms with Crippen molar-refractivity contribution in [2.45, 2.75) is 19.6 Å². The summed E-state index contributed by atoms with van der Waals surface area (Å²) in [6.45, 7) is 2.49. The molecule has 0 fully saturated rings. The van der Waals surface area contributed by atoms with Crippen molar-refractivity contribution in [2.75, 3.05) is 0 Å². The van der Waals surface area contributed by atoms with Crippen LogP contribution in [0.4, 0.5) is 0 Å². The Kier molecular flexibility index (Phi) is 10.8. The van der Waals surface area contributed by atoms with Crippen LogP contribution < -0.4 is 0 Å². The predicted molar refractivity (Wildman–Crippen MR) is 238 cm³/mol. The molecule has 0 saturated heterocycles. The molecule has 6 aromatic carbocycles. The van der Waals surface area contributed by atoms with Crippen LogP contribution in [0.3, 0.4) is 0 Å². The summed E-state index contributed by atoms with van der Waals surface area (Å²) in [7, 11) is 0. The zero-order valence-electron chi connectivity index (χ0n) is 32.2. The molecule has 0 aliphatic rings. The van der Waals surface area contributed by atoms with E-state index in [1.54, 1.807) is 0 Å². The Hall–Kier alpha value is -7.27. The first-order chi connectivity index (χ1) is 28.7. The van der Waals surface area contributed by atoms with Gasteiger partial charge in [-0.1, -0.05) is 164 Å². The molecule has 278 valence electrons. The van der Waals surface area contributed by atoms with Crippen molar-refractivity contribution in [1.82, 2.24) is 19.9 Å². The van der Waals surface area contributed by atoms with Gasteiger partial charge in [-0.2, -0.15) is 0 Å². The largest absolute Gasteiger partial charge is 0.291 e. The van der Waals surface area contributed by atoms with Gasteiger partial charge in [0.1, 0.15) is 0 Å². The van der Waals surface area contributed by atoms with Crippen LogP contribution in [0.2, 0.25) is 0 Å². The molecule has 9 aromatic rings. The Labute approximate surface area is 340 Å². The second-order valence-corrected chi connectivity index (χ2v) is 14.7. The lowest BCUT2D eigenvalue weighted by molar-refractivity contribution is 0.248. The first-order valence-electron chi connectivity index (χ1n) is 19.7. The topological polar surface area (TPSA) is 41.9 Å². The molecule has 0 bridgehead atoms. The summed E-state index contributed by atoms with van der Waals surface area (Å²) in [5, 5.41) is 0. The molecular weight excluding hydrogens is 705 g/mol. The molecule has 0 saturated carbocycles. The van der Waals surface area contributed by atoms with E-state index in [0.29, 0.717) is 0 Å². The van der Waals surface area contributed by atoms with Gasteiger partial charge in [-0.15, -0.1) is 0 Å². The number of nitrogens with zero attached hydrogens (tertiary/aromatic N) is 4. The minimum absolute atomic E-state index is 0.829. The van der Waals surface area contributed by atoms with Crippen LogP contribution in [0.1, 0.15) is 16.7 Å². The smallest absolute Gasteiger partial charge is 0.0346 e. The molecule has 9 rings (SSSR count). The van der Waals surface area contributed by atoms with E-state index in [-0.39, 0.29) is 0 Å². The van der Waals surface area contributed by atoms with Crippen molar-refractivity contribution >= 4 is 0 Å². The lowest BCUT2D eigenvalue weighted by Gasteiger charge is -2.23. The van der Waals surface area contributed by atoms with Crippen molar-refractivity contribution < 1.29 is 0 Å². The zero-order valence-corrected chi connectivity index (χ0v) is 32.2. The minimum Gasteiger partial charge on any atom is -0.291 e. The van der Waals surface area contributed by atoms with Gasteiger partial charge in [-0.3, -0.25) is 19.9 Å². The van der Waals surface area contributed by atoms with Crippen molar-refractivity contribution in [3.05, 3.63) is 236 Å². The SMILES string of the molecule is c1cncc(-c2ccc(-c3ccc(CN(Cc4ccc(-c5ccc(-c6cccnc6)cc5)cc4)Cc4ccc(-c5ccc(-c6cccnc6)cc5)cc4)cc3)cc2)c1. The Morgan fingerprint density at radius 2 is 0.448 bits per heavy atom. The highest BCUT2D eigenvalue weighted by molar-refractivity contribution is 5.72. The molecule has 0 aliphatic heterocycles. The third-order valence-electron chi connectivity index (χ3n) is 10.7. The number of hydrogen-bond acceptors (Lipinski definition) is 4. The van der Waals surface area contributed by atoms with E-state index in [0.717, 1.165) is 36.3 Å². The Balaban J connectivity index is 0.920. The first kappa shape index (κ1) is 36.4.